The number of furan rings is 1. The third kappa shape index (κ3) is 4.81. The molecular formula is C40H24N4O. The lowest BCUT2D eigenvalue weighted by molar-refractivity contribution is 0.669. The quantitative estimate of drug-likeness (QED) is 0.191. The van der Waals surface area contributed by atoms with E-state index in [2.05, 4.69) is 47.3 Å². The molecule has 0 aliphatic rings. The van der Waals surface area contributed by atoms with Gasteiger partial charge in [0.1, 0.15) is 11.2 Å². The zero-order chi connectivity index (χ0) is 30.2. The number of hydrogen-bond acceptors (Lipinski definition) is 4. The molecule has 210 valence electrons. The predicted octanol–water partition coefficient (Wildman–Crippen LogP) is 10.7. The van der Waals surface area contributed by atoms with Crippen LogP contribution in [0.3, 0.4) is 0 Å². The number of hydrogen-bond donors (Lipinski definition) is 0. The predicted molar refractivity (Wildman–Crippen MR) is 181 cm³/mol. The van der Waals surface area contributed by atoms with E-state index in [9.17, 15) is 0 Å². The molecule has 0 fully saturated rings. The SMILES string of the molecule is [C-]#[N+]c1ccccc1-c1cccc(-c2nc(-c3ccccc3)nc(-c3ccc4c(c3)oc3cccc(-c5ccccc5)c34)n2)c1. The van der Waals surface area contributed by atoms with Crippen molar-refractivity contribution in [1.82, 2.24) is 15.0 Å². The minimum absolute atomic E-state index is 0.552. The highest BCUT2D eigenvalue weighted by molar-refractivity contribution is 6.13. The van der Waals surface area contributed by atoms with E-state index in [1.807, 2.05) is 103 Å². The Morgan fingerprint density at radius 3 is 1.78 bits per heavy atom. The first-order valence-electron chi connectivity index (χ1n) is 14.6. The largest absolute Gasteiger partial charge is 0.456 e. The van der Waals surface area contributed by atoms with E-state index in [-0.39, 0.29) is 0 Å². The van der Waals surface area contributed by atoms with E-state index in [0.717, 1.165) is 60.9 Å². The van der Waals surface area contributed by atoms with Crippen LogP contribution >= 0.6 is 0 Å². The van der Waals surface area contributed by atoms with Gasteiger partial charge in [-0.15, -0.1) is 0 Å². The van der Waals surface area contributed by atoms with Gasteiger partial charge in [-0.1, -0.05) is 121 Å². The van der Waals surface area contributed by atoms with Crippen molar-refractivity contribution in [1.29, 1.82) is 0 Å². The summed E-state index contributed by atoms with van der Waals surface area (Å²) in [5.74, 6) is 1.69. The molecule has 2 heterocycles. The molecular weight excluding hydrogens is 552 g/mol. The summed E-state index contributed by atoms with van der Waals surface area (Å²) in [4.78, 5) is 18.5. The molecule has 45 heavy (non-hydrogen) atoms. The molecule has 5 heteroatoms. The summed E-state index contributed by atoms with van der Waals surface area (Å²) in [6.07, 6.45) is 0. The Kier molecular flexibility index (Phi) is 6.44. The van der Waals surface area contributed by atoms with Crippen molar-refractivity contribution in [2.24, 2.45) is 0 Å². The Balaban J connectivity index is 1.29. The second-order valence-corrected chi connectivity index (χ2v) is 10.7. The van der Waals surface area contributed by atoms with E-state index in [1.165, 1.54) is 0 Å². The Bertz CT molecular complexity index is 2390. The van der Waals surface area contributed by atoms with E-state index in [4.69, 9.17) is 25.9 Å². The summed E-state index contributed by atoms with van der Waals surface area (Å²) in [5.41, 5.74) is 8.85. The summed E-state index contributed by atoms with van der Waals surface area (Å²) in [6, 6.07) is 48.3. The molecule has 0 spiro atoms. The molecule has 0 radical (unpaired) electrons. The molecule has 2 aromatic heterocycles. The highest BCUT2D eigenvalue weighted by Gasteiger charge is 2.17. The molecule has 8 rings (SSSR count). The second-order valence-electron chi connectivity index (χ2n) is 10.7. The van der Waals surface area contributed by atoms with E-state index < -0.39 is 0 Å². The third-order valence-electron chi connectivity index (χ3n) is 7.96. The van der Waals surface area contributed by atoms with Gasteiger partial charge in [0.2, 0.25) is 0 Å². The summed E-state index contributed by atoms with van der Waals surface area (Å²) < 4.78 is 6.40. The van der Waals surface area contributed by atoms with Crippen molar-refractivity contribution >= 4 is 27.6 Å². The lowest BCUT2D eigenvalue weighted by Gasteiger charge is -2.10. The smallest absolute Gasteiger partial charge is 0.194 e. The first-order chi connectivity index (χ1) is 22.2. The van der Waals surface area contributed by atoms with Crippen LogP contribution in [-0.2, 0) is 0 Å². The fourth-order valence-corrected chi connectivity index (χ4v) is 5.81. The molecule has 0 atom stereocenters. The molecule has 0 aliphatic heterocycles. The minimum Gasteiger partial charge on any atom is -0.456 e. The summed E-state index contributed by atoms with van der Waals surface area (Å²) in [5, 5.41) is 2.13. The molecule has 0 aliphatic carbocycles. The average molecular weight is 577 g/mol. The highest BCUT2D eigenvalue weighted by atomic mass is 16.3. The summed E-state index contributed by atoms with van der Waals surface area (Å²) in [7, 11) is 0. The Morgan fingerprint density at radius 1 is 0.444 bits per heavy atom. The lowest BCUT2D eigenvalue weighted by Crippen LogP contribution is -2.00. The van der Waals surface area contributed by atoms with Gasteiger partial charge < -0.3 is 4.42 Å². The van der Waals surface area contributed by atoms with Crippen LogP contribution in [0.5, 0.6) is 0 Å². The highest BCUT2D eigenvalue weighted by Crippen LogP contribution is 2.38. The van der Waals surface area contributed by atoms with Gasteiger partial charge in [0, 0.05) is 27.5 Å². The van der Waals surface area contributed by atoms with Gasteiger partial charge in [0.05, 0.1) is 6.57 Å². The molecule has 0 N–H and O–H groups in total. The fourth-order valence-electron chi connectivity index (χ4n) is 5.81. The van der Waals surface area contributed by atoms with Crippen LogP contribution < -0.4 is 0 Å². The number of rotatable bonds is 5. The van der Waals surface area contributed by atoms with Crippen molar-refractivity contribution in [2.75, 3.05) is 0 Å². The van der Waals surface area contributed by atoms with Crippen LogP contribution in [0.4, 0.5) is 5.69 Å². The monoisotopic (exact) mass is 576 g/mol. The number of aromatic nitrogens is 3. The van der Waals surface area contributed by atoms with Crippen LogP contribution in [0, 0.1) is 6.57 Å². The van der Waals surface area contributed by atoms with Gasteiger partial charge in [-0.25, -0.2) is 19.8 Å². The molecule has 0 bridgehead atoms. The Morgan fingerprint density at radius 2 is 1.02 bits per heavy atom. The molecule has 0 amide bonds. The molecule has 0 unspecified atom stereocenters. The summed E-state index contributed by atoms with van der Waals surface area (Å²) >= 11 is 0. The first kappa shape index (κ1) is 26.3. The maximum absolute atomic E-state index is 7.63. The summed E-state index contributed by atoms with van der Waals surface area (Å²) in [6.45, 7) is 7.63. The zero-order valence-electron chi connectivity index (χ0n) is 24.1. The van der Waals surface area contributed by atoms with Gasteiger partial charge in [-0.05, 0) is 46.5 Å². The number of para-hydroxylation sites is 1. The van der Waals surface area contributed by atoms with Crippen LogP contribution in [0.15, 0.2) is 150 Å². The van der Waals surface area contributed by atoms with Gasteiger partial charge >= 0.3 is 0 Å². The van der Waals surface area contributed by atoms with Gasteiger partial charge in [-0.2, -0.15) is 0 Å². The molecule has 6 aromatic carbocycles. The van der Waals surface area contributed by atoms with Gasteiger partial charge in [0.15, 0.2) is 23.2 Å². The van der Waals surface area contributed by atoms with E-state index in [0.29, 0.717) is 23.2 Å². The van der Waals surface area contributed by atoms with Gasteiger partial charge in [0.25, 0.3) is 0 Å². The fraction of sp³-hybridized carbons (Fsp3) is 0. The Hall–Kier alpha value is -6.38. The van der Waals surface area contributed by atoms with Crippen LogP contribution in [0.2, 0.25) is 0 Å². The van der Waals surface area contributed by atoms with Crippen LogP contribution in [0.25, 0.3) is 83.2 Å². The normalized spacial score (nSPS) is 11.1. The number of nitrogens with zero attached hydrogens (tertiary/aromatic N) is 4. The third-order valence-corrected chi connectivity index (χ3v) is 7.96. The van der Waals surface area contributed by atoms with Crippen molar-refractivity contribution in [3.63, 3.8) is 0 Å². The topological polar surface area (TPSA) is 56.2 Å². The molecule has 0 saturated carbocycles. The maximum atomic E-state index is 7.63. The van der Waals surface area contributed by atoms with E-state index in [1.54, 1.807) is 0 Å². The lowest BCUT2D eigenvalue weighted by atomic mass is 9.99. The standard InChI is InChI=1S/C40H24N4O/c1-41-34-20-9-8-18-31(34)28-16-10-17-29(24-28)39-42-38(27-14-6-3-7-15-27)43-40(44-39)30-22-23-33-36(25-30)45-35-21-11-19-32(37(33)35)26-12-4-2-5-13-26/h2-25H. The average Bonchev–Trinajstić information content (AvgIpc) is 3.50. The van der Waals surface area contributed by atoms with Crippen molar-refractivity contribution < 1.29 is 4.42 Å². The van der Waals surface area contributed by atoms with Crippen molar-refractivity contribution in [3.05, 3.63) is 157 Å². The molecule has 0 saturated heterocycles. The maximum Gasteiger partial charge on any atom is 0.194 e. The number of fused-ring (bicyclic) bond motifs is 3. The van der Waals surface area contributed by atoms with E-state index >= 15 is 0 Å². The van der Waals surface area contributed by atoms with Gasteiger partial charge in [-0.3, -0.25) is 0 Å². The molecule has 8 aromatic rings. The molecule has 5 nitrogen and oxygen atoms in total. The van der Waals surface area contributed by atoms with Crippen molar-refractivity contribution in [2.45, 2.75) is 0 Å². The Labute approximate surface area is 260 Å². The van der Waals surface area contributed by atoms with Crippen LogP contribution in [-0.4, -0.2) is 15.0 Å². The second kappa shape index (κ2) is 11.0. The zero-order valence-corrected chi connectivity index (χ0v) is 24.1. The first-order valence-corrected chi connectivity index (χ1v) is 14.6. The van der Waals surface area contributed by atoms with Crippen molar-refractivity contribution in [3.8, 4) is 56.4 Å². The number of benzene rings is 6. The van der Waals surface area contributed by atoms with Crippen LogP contribution in [0.1, 0.15) is 0 Å². The minimum atomic E-state index is 0.552.